The van der Waals surface area contributed by atoms with Crippen LogP contribution in [0.25, 0.3) is 0 Å². The number of hydrogen-bond acceptors (Lipinski definition) is 5. The van der Waals surface area contributed by atoms with Gasteiger partial charge in [-0.25, -0.2) is 13.1 Å². The summed E-state index contributed by atoms with van der Waals surface area (Å²) in [5, 5.41) is 7.63. The third-order valence-corrected chi connectivity index (χ3v) is 5.63. The van der Waals surface area contributed by atoms with E-state index in [0.29, 0.717) is 21.3 Å². The molecule has 0 saturated carbocycles. The highest BCUT2D eigenvalue weighted by Gasteiger charge is 2.22. The zero-order chi connectivity index (χ0) is 15.6. The molecular formula is C11H13Br2N5O2S. The molecule has 0 spiro atoms. The van der Waals surface area contributed by atoms with Crippen molar-refractivity contribution in [1.29, 1.82) is 0 Å². The number of nitrogens with zero attached hydrogens (tertiary/aromatic N) is 3. The van der Waals surface area contributed by atoms with Gasteiger partial charge >= 0.3 is 0 Å². The number of anilines is 1. The van der Waals surface area contributed by atoms with Crippen LogP contribution in [0.3, 0.4) is 0 Å². The van der Waals surface area contributed by atoms with Crippen LogP contribution in [0, 0.1) is 0 Å². The Labute approximate surface area is 139 Å². The van der Waals surface area contributed by atoms with E-state index in [1.165, 1.54) is 6.07 Å². The average Bonchev–Trinajstić information content (AvgIpc) is 2.82. The molecule has 0 saturated heterocycles. The summed E-state index contributed by atoms with van der Waals surface area (Å²) in [7, 11) is -3.76. The minimum absolute atomic E-state index is 0.00765. The standard InChI is InChI=1S/C11H13Br2N5O2S/c1-2-18-6-15-17-10(18)5-16-21(19,20)11-8(13)3-7(12)4-9(11)14/h3-4,6,16H,2,5,14H2,1H3. The molecule has 0 aliphatic carbocycles. The minimum Gasteiger partial charge on any atom is -0.398 e. The Balaban J connectivity index is 2.27. The largest absolute Gasteiger partial charge is 0.398 e. The highest BCUT2D eigenvalue weighted by Crippen LogP contribution is 2.31. The number of nitrogens with one attached hydrogen (secondary N) is 1. The molecule has 0 aliphatic heterocycles. The molecule has 0 amide bonds. The maximum atomic E-state index is 12.4. The molecule has 0 aliphatic rings. The second-order valence-corrected chi connectivity index (χ2v) is 7.64. The van der Waals surface area contributed by atoms with Gasteiger partial charge in [0.2, 0.25) is 10.0 Å². The lowest BCUT2D eigenvalue weighted by molar-refractivity contribution is 0.575. The van der Waals surface area contributed by atoms with Gasteiger partial charge in [0.1, 0.15) is 17.0 Å². The molecule has 2 aromatic rings. The average molecular weight is 439 g/mol. The molecule has 1 aromatic heterocycles. The van der Waals surface area contributed by atoms with E-state index < -0.39 is 10.0 Å². The predicted molar refractivity (Wildman–Crippen MR) is 86.0 cm³/mol. The number of benzene rings is 1. The Morgan fingerprint density at radius 2 is 2.10 bits per heavy atom. The summed E-state index contributed by atoms with van der Waals surface area (Å²) in [5.41, 5.74) is 5.95. The van der Waals surface area contributed by atoms with Gasteiger partial charge in [0.25, 0.3) is 0 Å². The van der Waals surface area contributed by atoms with Crippen molar-refractivity contribution in [2.45, 2.75) is 24.9 Å². The van der Waals surface area contributed by atoms with E-state index in [-0.39, 0.29) is 17.1 Å². The first kappa shape index (κ1) is 16.4. The van der Waals surface area contributed by atoms with Gasteiger partial charge in [-0.1, -0.05) is 15.9 Å². The second-order valence-electron chi connectivity index (χ2n) is 4.16. The molecule has 3 N–H and O–H groups in total. The van der Waals surface area contributed by atoms with Gasteiger partial charge < -0.3 is 10.3 Å². The van der Waals surface area contributed by atoms with Crippen molar-refractivity contribution in [3.05, 3.63) is 33.2 Å². The zero-order valence-corrected chi connectivity index (χ0v) is 15.0. The van der Waals surface area contributed by atoms with Crippen LogP contribution >= 0.6 is 31.9 Å². The number of nitrogens with two attached hydrogens (primary N) is 1. The van der Waals surface area contributed by atoms with Crippen LogP contribution < -0.4 is 10.5 Å². The highest BCUT2D eigenvalue weighted by atomic mass is 79.9. The quantitative estimate of drug-likeness (QED) is 0.693. The molecule has 114 valence electrons. The minimum atomic E-state index is -3.76. The van der Waals surface area contributed by atoms with Gasteiger partial charge in [-0.2, -0.15) is 0 Å². The van der Waals surface area contributed by atoms with E-state index >= 15 is 0 Å². The number of halogens is 2. The lowest BCUT2D eigenvalue weighted by Gasteiger charge is -2.11. The van der Waals surface area contributed by atoms with E-state index in [1.807, 2.05) is 6.92 Å². The topological polar surface area (TPSA) is 103 Å². The Morgan fingerprint density at radius 3 is 2.71 bits per heavy atom. The lowest BCUT2D eigenvalue weighted by atomic mass is 10.3. The fourth-order valence-electron chi connectivity index (χ4n) is 1.78. The number of hydrogen-bond donors (Lipinski definition) is 2. The second kappa shape index (κ2) is 6.42. The number of nitrogen functional groups attached to an aromatic ring is 1. The third kappa shape index (κ3) is 3.62. The fourth-order valence-corrected chi connectivity index (χ4v) is 4.82. The van der Waals surface area contributed by atoms with Crippen LogP contribution in [0.4, 0.5) is 5.69 Å². The Bertz CT molecular complexity index is 737. The monoisotopic (exact) mass is 437 g/mol. The van der Waals surface area contributed by atoms with Gasteiger partial charge in [0.15, 0.2) is 0 Å². The molecule has 0 bridgehead atoms. The molecule has 0 unspecified atom stereocenters. The van der Waals surface area contributed by atoms with Gasteiger partial charge in [-0.05, 0) is 35.0 Å². The van der Waals surface area contributed by atoms with Crippen molar-refractivity contribution < 1.29 is 8.42 Å². The Morgan fingerprint density at radius 1 is 1.38 bits per heavy atom. The maximum Gasteiger partial charge on any atom is 0.244 e. The van der Waals surface area contributed by atoms with Crippen molar-refractivity contribution in [2.75, 3.05) is 5.73 Å². The van der Waals surface area contributed by atoms with E-state index in [1.54, 1.807) is 17.0 Å². The molecule has 1 aromatic carbocycles. The van der Waals surface area contributed by atoms with E-state index in [9.17, 15) is 8.42 Å². The van der Waals surface area contributed by atoms with Crippen LogP contribution in [0.2, 0.25) is 0 Å². The summed E-state index contributed by atoms with van der Waals surface area (Å²) in [6.45, 7) is 2.62. The third-order valence-electron chi connectivity index (χ3n) is 2.76. The van der Waals surface area contributed by atoms with Crippen molar-refractivity contribution in [2.24, 2.45) is 0 Å². The van der Waals surface area contributed by atoms with E-state index in [2.05, 4.69) is 46.8 Å². The number of aromatic nitrogens is 3. The Kier molecular flexibility index (Phi) is 5.02. The number of sulfonamides is 1. The Hall–Kier alpha value is -0.970. The first-order valence-electron chi connectivity index (χ1n) is 5.96. The van der Waals surface area contributed by atoms with Crippen LogP contribution in [-0.2, 0) is 23.1 Å². The predicted octanol–water partition coefficient (Wildman–Crippen LogP) is 1.88. The lowest BCUT2D eigenvalue weighted by Crippen LogP contribution is -2.26. The van der Waals surface area contributed by atoms with Crippen molar-refractivity contribution in [3.63, 3.8) is 0 Å². The van der Waals surface area contributed by atoms with Crippen molar-refractivity contribution in [3.8, 4) is 0 Å². The summed E-state index contributed by atoms with van der Waals surface area (Å²) in [5.74, 6) is 0.535. The molecule has 0 radical (unpaired) electrons. The van der Waals surface area contributed by atoms with E-state index in [0.717, 1.165) is 0 Å². The summed E-state index contributed by atoms with van der Waals surface area (Å²) in [4.78, 5) is 0.00765. The molecule has 0 fully saturated rings. The molecular weight excluding hydrogens is 426 g/mol. The van der Waals surface area contributed by atoms with Gasteiger partial charge in [0, 0.05) is 15.5 Å². The van der Waals surface area contributed by atoms with Crippen LogP contribution in [0.5, 0.6) is 0 Å². The highest BCUT2D eigenvalue weighted by molar-refractivity contribution is 9.11. The number of aryl methyl sites for hydroxylation is 1. The summed E-state index contributed by atoms with van der Waals surface area (Å²) < 4.78 is 30.1. The van der Waals surface area contributed by atoms with Crippen LogP contribution in [0.15, 0.2) is 32.3 Å². The summed E-state index contributed by atoms with van der Waals surface area (Å²) >= 11 is 6.47. The molecule has 7 nitrogen and oxygen atoms in total. The van der Waals surface area contributed by atoms with Gasteiger partial charge in [-0.3, -0.25) is 0 Å². The number of rotatable bonds is 5. The van der Waals surface area contributed by atoms with E-state index in [4.69, 9.17) is 5.73 Å². The smallest absolute Gasteiger partial charge is 0.244 e. The maximum absolute atomic E-state index is 12.4. The van der Waals surface area contributed by atoms with Crippen molar-refractivity contribution >= 4 is 47.6 Å². The normalized spacial score (nSPS) is 11.8. The van der Waals surface area contributed by atoms with Crippen LogP contribution in [-0.4, -0.2) is 23.2 Å². The first-order valence-corrected chi connectivity index (χ1v) is 9.03. The SMILES string of the molecule is CCn1cnnc1CNS(=O)(=O)c1c(N)cc(Br)cc1Br. The fraction of sp³-hybridized carbons (Fsp3) is 0.273. The first-order chi connectivity index (χ1) is 9.85. The van der Waals surface area contributed by atoms with Gasteiger partial charge in [-0.15, -0.1) is 10.2 Å². The molecule has 10 heteroatoms. The molecule has 1 heterocycles. The molecule has 0 atom stereocenters. The summed E-state index contributed by atoms with van der Waals surface area (Å²) in [6, 6.07) is 3.16. The van der Waals surface area contributed by atoms with Crippen LogP contribution in [0.1, 0.15) is 12.7 Å². The zero-order valence-electron chi connectivity index (χ0n) is 11.0. The van der Waals surface area contributed by atoms with Gasteiger partial charge in [0.05, 0.1) is 12.2 Å². The van der Waals surface area contributed by atoms with Crippen molar-refractivity contribution in [1.82, 2.24) is 19.5 Å². The molecule has 2 rings (SSSR count). The molecule has 21 heavy (non-hydrogen) atoms. The summed E-state index contributed by atoms with van der Waals surface area (Å²) in [6.07, 6.45) is 1.55.